The molecule has 11 nitrogen and oxygen atoms in total. The topological polar surface area (TPSA) is 176 Å². The number of primary amides is 1. The molecule has 0 bridgehead atoms. The van der Waals surface area contributed by atoms with Crippen LogP contribution < -0.4 is 21.1 Å². The molecule has 2 aromatic carbocycles. The van der Waals surface area contributed by atoms with Crippen LogP contribution in [0.25, 0.3) is 10.4 Å². The predicted octanol–water partition coefficient (Wildman–Crippen LogP) is 2.05. The number of hydrogen-bond acceptors (Lipinski definition) is 6. The number of azide groups is 1. The Morgan fingerprint density at radius 3 is 2.29 bits per heavy atom. The van der Waals surface area contributed by atoms with Gasteiger partial charge in [-0.25, -0.2) is 0 Å². The van der Waals surface area contributed by atoms with Gasteiger partial charge in [0.25, 0.3) is 0 Å². The third kappa shape index (κ3) is 8.82. The van der Waals surface area contributed by atoms with Crippen molar-refractivity contribution in [1.82, 2.24) is 10.6 Å². The van der Waals surface area contributed by atoms with Gasteiger partial charge in [-0.05, 0) is 36.6 Å². The number of carbonyl (C=O) groups excluding carboxylic acids is 4. The number of rotatable bonds is 13. The Balaban J connectivity index is 2.32. The number of nitrogens with one attached hydrogen (secondary N) is 2. The van der Waals surface area contributed by atoms with E-state index in [0.29, 0.717) is 11.3 Å². The summed E-state index contributed by atoms with van der Waals surface area (Å²) in [6, 6.07) is 12.9. The zero-order valence-electron chi connectivity index (χ0n) is 19.5. The number of benzene rings is 2. The van der Waals surface area contributed by atoms with Crippen molar-refractivity contribution >= 4 is 23.5 Å². The lowest BCUT2D eigenvalue weighted by Crippen LogP contribution is -2.54. The lowest BCUT2D eigenvalue weighted by Gasteiger charge is -2.27. The highest BCUT2D eigenvalue weighted by atomic mass is 16.5. The second-order valence-electron chi connectivity index (χ2n) is 7.86. The van der Waals surface area contributed by atoms with E-state index in [1.807, 2.05) is 30.3 Å². The van der Waals surface area contributed by atoms with Crippen LogP contribution in [0.5, 0.6) is 5.75 Å². The molecular formula is C24H28N6O5. The summed E-state index contributed by atoms with van der Waals surface area (Å²) in [6.45, 7) is 2.48. The van der Waals surface area contributed by atoms with Gasteiger partial charge in [-0.2, -0.15) is 0 Å². The lowest BCUT2D eigenvalue weighted by atomic mass is 9.99. The zero-order chi connectivity index (χ0) is 25.8. The number of hydrogen-bond donors (Lipinski definition) is 3. The molecule has 2 aromatic rings. The highest BCUT2D eigenvalue weighted by Gasteiger charge is 2.29. The molecule has 2 rings (SSSR count). The first-order valence-corrected chi connectivity index (χ1v) is 10.9. The van der Waals surface area contributed by atoms with Crippen molar-refractivity contribution < 1.29 is 23.9 Å². The summed E-state index contributed by atoms with van der Waals surface area (Å²) in [7, 11) is 0. The Kier molecular flexibility index (Phi) is 10.3. The molecule has 3 atom stereocenters. The summed E-state index contributed by atoms with van der Waals surface area (Å²) < 4.78 is 5.82. The van der Waals surface area contributed by atoms with E-state index in [1.165, 1.54) is 13.8 Å². The normalized spacial score (nSPS) is 12.9. The molecule has 0 fully saturated rings. The van der Waals surface area contributed by atoms with Crippen LogP contribution in [0.2, 0.25) is 0 Å². The monoisotopic (exact) mass is 480 g/mol. The maximum Gasteiger partial charge on any atom is 0.243 e. The summed E-state index contributed by atoms with van der Waals surface area (Å²) in [5.74, 6) is -1.83. The summed E-state index contributed by atoms with van der Waals surface area (Å²) in [5.41, 5.74) is 15.6. The largest absolute Gasteiger partial charge is 0.492 e. The van der Waals surface area contributed by atoms with E-state index in [2.05, 4.69) is 20.7 Å². The number of amides is 3. The van der Waals surface area contributed by atoms with Gasteiger partial charge < -0.3 is 21.1 Å². The number of ketones is 1. The second kappa shape index (κ2) is 13.4. The molecule has 184 valence electrons. The minimum Gasteiger partial charge on any atom is -0.492 e. The molecule has 0 saturated carbocycles. The van der Waals surface area contributed by atoms with E-state index in [4.69, 9.17) is 10.5 Å². The van der Waals surface area contributed by atoms with Gasteiger partial charge in [0.1, 0.15) is 11.8 Å². The molecule has 0 aliphatic carbocycles. The molecule has 0 spiro atoms. The van der Waals surface area contributed by atoms with Crippen LogP contribution in [-0.2, 0) is 20.8 Å². The Bertz CT molecular complexity index is 1080. The molecule has 4 N–H and O–H groups in total. The smallest absolute Gasteiger partial charge is 0.243 e. The maximum absolute atomic E-state index is 13.0. The highest BCUT2D eigenvalue weighted by Crippen LogP contribution is 2.20. The molecular weight excluding hydrogens is 452 g/mol. The third-order valence-corrected chi connectivity index (χ3v) is 5.07. The fourth-order valence-electron chi connectivity index (χ4n) is 3.45. The molecule has 0 radical (unpaired) electrons. The predicted molar refractivity (Wildman–Crippen MR) is 128 cm³/mol. The number of Topliss-reactive ketones (excluding diaryl/α,β-unsaturated/α-hetero) is 1. The minimum atomic E-state index is -1.20. The van der Waals surface area contributed by atoms with Crippen molar-refractivity contribution in [2.24, 2.45) is 10.8 Å². The lowest BCUT2D eigenvalue weighted by molar-refractivity contribution is -0.131. The maximum atomic E-state index is 13.0. The van der Waals surface area contributed by atoms with Gasteiger partial charge in [0.05, 0.1) is 24.6 Å². The van der Waals surface area contributed by atoms with Gasteiger partial charge >= 0.3 is 0 Å². The minimum absolute atomic E-state index is 0.146. The molecule has 0 aromatic heterocycles. The molecule has 0 aliphatic heterocycles. The van der Waals surface area contributed by atoms with Crippen molar-refractivity contribution in [3.63, 3.8) is 0 Å². The van der Waals surface area contributed by atoms with Crippen LogP contribution in [0.4, 0.5) is 0 Å². The van der Waals surface area contributed by atoms with Gasteiger partial charge in [-0.1, -0.05) is 47.6 Å². The first-order chi connectivity index (χ1) is 16.7. The van der Waals surface area contributed by atoms with Crippen molar-refractivity contribution in [1.29, 1.82) is 0 Å². The van der Waals surface area contributed by atoms with Crippen molar-refractivity contribution in [3.05, 3.63) is 76.2 Å². The Morgan fingerprint density at radius 2 is 1.69 bits per heavy atom. The van der Waals surface area contributed by atoms with Crippen LogP contribution >= 0.6 is 0 Å². The van der Waals surface area contributed by atoms with E-state index >= 15 is 0 Å². The number of nitrogens with two attached hydrogens (primary N) is 1. The van der Waals surface area contributed by atoms with Gasteiger partial charge in [-0.3, -0.25) is 19.2 Å². The average molecular weight is 481 g/mol. The molecule has 35 heavy (non-hydrogen) atoms. The van der Waals surface area contributed by atoms with Crippen molar-refractivity contribution in [2.75, 3.05) is 6.61 Å². The van der Waals surface area contributed by atoms with Gasteiger partial charge in [0.15, 0.2) is 5.78 Å². The van der Waals surface area contributed by atoms with Gasteiger partial charge in [-0.15, -0.1) is 0 Å². The number of nitrogens with zero attached hydrogens (tertiary/aromatic N) is 3. The number of para-hydroxylation sites is 1. The fourth-order valence-corrected chi connectivity index (χ4v) is 3.45. The molecule has 0 heterocycles. The summed E-state index contributed by atoms with van der Waals surface area (Å²) in [6.07, 6.45) is -0.143. The summed E-state index contributed by atoms with van der Waals surface area (Å²) >= 11 is 0. The number of ether oxygens (including phenoxy) is 1. The van der Waals surface area contributed by atoms with E-state index in [-0.39, 0.29) is 18.8 Å². The van der Waals surface area contributed by atoms with E-state index < -0.39 is 42.3 Å². The van der Waals surface area contributed by atoms with Crippen LogP contribution in [-0.4, -0.2) is 48.2 Å². The van der Waals surface area contributed by atoms with Gasteiger partial charge in [0, 0.05) is 17.9 Å². The van der Waals surface area contributed by atoms with E-state index in [9.17, 15) is 24.7 Å². The Morgan fingerprint density at radius 1 is 1.03 bits per heavy atom. The number of carbonyl (C=O) groups is 4. The van der Waals surface area contributed by atoms with Crippen LogP contribution in [0, 0.1) is 0 Å². The first-order valence-electron chi connectivity index (χ1n) is 10.9. The molecule has 0 aliphatic rings. The standard InChI is InChI=1S/C24H28N6O5/c1-15(31)18-10-6-7-11-22(18)35-14-21(29-30-26)19(12-17-8-4-3-5-9-17)28-24(34)20(13-23(25)33)27-16(2)32/h3-11,19-21H,12-14H2,1-2H3,(H2,25,33)(H,27,32)(H,28,34)/t19-,20-,21+/m0/s1. The van der Waals surface area contributed by atoms with Crippen molar-refractivity contribution in [3.8, 4) is 5.75 Å². The van der Waals surface area contributed by atoms with E-state index in [1.54, 1.807) is 24.3 Å². The van der Waals surface area contributed by atoms with Crippen LogP contribution in [0.15, 0.2) is 59.7 Å². The van der Waals surface area contributed by atoms with Crippen molar-refractivity contribution in [2.45, 2.75) is 44.8 Å². The fraction of sp³-hybridized carbons (Fsp3) is 0.333. The SMILES string of the molecule is CC(=O)N[C@@H](CC(N)=O)C(=O)N[C@@H](Cc1ccccc1)[C@@H](COc1ccccc1C(C)=O)N=[N+]=[N-]. The molecule has 0 saturated heterocycles. The zero-order valence-corrected chi connectivity index (χ0v) is 19.5. The molecule has 3 amide bonds. The molecule has 0 unspecified atom stereocenters. The molecule has 11 heteroatoms. The summed E-state index contributed by atoms with van der Waals surface area (Å²) in [4.78, 5) is 50.8. The summed E-state index contributed by atoms with van der Waals surface area (Å²) in [5, 5.41) is 8.99. The average Bonchev–Trinajstić information content (AvgIpc) is 2.81. The highest BCUT2D eigenvalue weighted by molar-refractivity contribution is 5.96. The second-order valence-corrected chi connectivity index (χ2v) is 7.86. The Hall–Kier alpha value is -4.37. The Labute approximate surface area is 202 Å². The van der Waals surface area contributed by atoms with Crippen LogP contribution in [0.1, 0.15) is 36.2 Å². The first kappa shape index (κ1) is 26.9. The van der Waals surface area contributed by atoms with Gasteiger partial charge in [0.2, 0.25) is 17.7 Å². The third-order valence-electron chi connectivity index (χ3n) is 5.07. The van der Waals surface area contributed by atoms with E-state index in [0.717, 1.165) is 5.56 Å². The quantitative estimate of drug-likeness (QED) is 0.172. The van der Waals surface area contributed by atoms with Crippen LogP contribution in [0.3, 0.4) is 0 Å².